The summed E-state index contributed by atoms with van der Waals surface area (Å²) in [6, 6.07) is 6.13. The molecule has 2 atom stereocenters. The third kappa shape index (κ3) is 2.80. The van der Waals surface area contributed by atoms with Crippen LogP contribution in [0.4, 0.5) is 0 Å². The maximum Gasteiger partial charge on any atom is 0.251 e. The van der Waals surface area contributed by atoms with Crippen LogP contribution in [0.15, 0.2) is 18.2 Å². The van der Waals surface area contributed by atoms with Crippen LogP contribution in [0.25, 0.3) is 0 Å². The van der Waals surface area contributed by atoms with E-state index in [9.17, 15) is 4.79 Å². The SMILES string of the molecule is NC1CCC(CNC(=O)c2ccc3c(c2)COC3)C1. The van der Waals surface area contributed by atoms with E-state index < -0.39 is 0 Å². The van der Waals surface area contributed by atoms with E-state index in [1.807, 2.05) is 18.2 Å². The molecule has 2 aliphatic rings. The van der Waals surface area contributed by atoms with E-state index in [0.717, 1.165) is 36.9 Å². The smallest absolute Gasteiger partial charge is 0.251 e. The predicted molar refractivity (Wildman–Crippen MR) is 72.6 cm³/mol. The molecule has 1 amide bonds. The molecule has 1 fully saturated rings. The minimum atomic E-state index is 0.00942. The zero-order chi connectivity index (χ0) is 13.2. The van der Waals surface area contributed by atoms with Gasteiger partial charge in [-0.3, -0.25) is 4.79 Å². The average Bonchev–Trinajstić information content (AvgIpc) is 3.03. The van der Waals surface area contributed by atoms with Gasteiger partial charge in [-0.1, -0.05) is 6.07 Å². The number of carbonyl (C=O) groups is 1. The lowest BCUT2D eigenvalue weighted by Gasteiger charge is -2.11. The fourth-order valence-electron chi connectivity index (χ4n) is 2.95. The molecule has 3 rings (SSSR count). The van der Waals surface area contributed by atoms with Crippen molar-refractivity contribution in [1.82, 2.24) is 5.32 Å². The van der Waals surface area contributed by atoms with Gasteiger partial charge in [-0.2, -0.15) is 0 Å². The standard InChI is InChI=1S/C15H20N2O2/c16-14-4-1-10(5-14)7-17-15(18)11-2-3-12-8-19-9-13(12)6-11/h2-3,6,10,14H,1,4-5,7-9,16H2,(H,17,18). The summed E-state index contributed by atoms with van der Waals surface area (Å²) in [4.78, 5) is 12.1. The van der Waals surface area contributed by atoms with Gasteiger partial charge in [0.2, 0.25) is 0 Å². The summed E-state index contributed by atoms with van der Waals surface area (Å²) in [6.07, 6.45) is 3.23. The van der Waals surface area contributed by atoms with Gasteiger partial charge in [0, 0.05) is 18.2 Å². The Bertz CT molecular complexity index is 487. The summed E-state index contributed by atoms with van der Waals surface area (Å²) >= 11 is 0. The van der Waals surface area contributed by atoms with Gasteiger partial charge in [-0.15, -0.1) is 0 Å². The molecule has 1 aromatic carbocycles. The maximum atomic E-state index is 12.1. The van der Waals surface area contributed by atoms with Crippen molar-refractivity contribution in [2.75, 3.05) is 6.54 Å². The minimum Gasteiger partial charge on any atom is -0.372 e. The van der Waals surface area contributed by atoms with Gasteiger partial charge >= 0.3 is 0 Å². The van der Waals surface area contributed by atoms with Gasteiger partial charge in [0.25, 0.3) is 5.91 Å². The third-order valence-corrected chi connectivity index (χ3v) is 4.12. The molecule has 19 heavy (non-hydrogen) atoms. The van der Waals surface area contributed by atoms with Crippen LogP contribution in [0, 0.1) is 5.92 Å². The van der Waals surface area contributed by atoms with Gasteiger partial charge in [0.05, 0.1) is 13.2 Å². The molecule has 1 aliphatic heterocycles. The Hall–Kier alpha value is -1.39. The van der Waals surface area contributed by atoms with Crippen molar-refractivity contribution in [1.29, 1.82) is 0 Å². The quantitative estimate of drug-likeness (QED) is 0.867. The van der Waals surface area contributed by atoms with E-state index in [-0.39, 0.29) is 5.91 Å². The molecule has 0 aromatic heterocycles. The summed E-state index contributed by atoms with van der Waals surface area (Å²) in [5.74, 6) is 0.548. The fraction of sp³-hybridized carbons (Fsp3) is 0.533. The zero-order valence-corrected chi connectivity index (χ0v) is 11.0. The number of amides is 1. The Labute approximate surface area is 113 Å². The van der Waals surface area contributed by atoms with Crippen LogP contribution in [-0.4, -0.2) is 18.5 Å². The third-order valence-electron chi connectivity index (χ3n) is 4.12. The van der Waals surface area contributed by atoms with Gasteiger partial charge in [-0.05, 0) is 48.4 Å². The molecular formula is C15H20N2O2. The lowest BCUT2D eigenvalue weighted by Crippen LogP contribution is -2.29. The van der Waals surface area contributed by atoms with Crippen molar-refractivity contribution in [3.05, 3.63) is 34.9 Å². The van der Waals surface area contributed by atoms with Crippen LogP contribution in [-0.2, 0) is 18.0 Å². The number of nitrogens with one attached hydrogen (secondary N) is 1. The fourth-order valence-corrected chi connectivity index (χ4v) is 2.95. The zero-order valence-electron chi connectivity index (χ0n) is 11.0. The molecule has 3 N–H and O–H groups in total. The van der Waals surface area contributed by atoms with Crippen LogP contribution in [0.5, 0.6) is 0 Å². The molecule has 4 heteroatoms. The van der Waals surface area contributed by atoms with E-state index in [1.54, 1.807) is 0 Å². The largest absolute Gasteiger partial charge is 0.372 e. The Morgan fingerprint density at radius 2 is 2.16 bits per heavy atom. The normalized spacial score (nSPS) is 25.3. The number of hydrogen-bond acceptors (Lipinski definition) is 3. The lowest BCUT2D eigenvalue weighted by molar-refractivity contribution is 0.0947. The molecule has 0 spiro atoms. The number of fused-ring (bicyclic) bond motifs is 1. The molecule has 0 saturated heterocycles. The van der Waals surface area contributed by atoms with Crippen molar-refractivity contribution >= 4 is 5.91 Å². The summed E-state index contributed by atoms with van der Waals surface area (Å²) in [7, 11) is 0. The van der Waals surface area contributed by atoms with E-state index in [2.05, 4.69) is 5.32 Å². The highest BCUT2D eigenvalue weighted by Crippen LogP contribution is 2.24. The second-order valence-corrected chi connectivity index (χ2v) is 5.63. The van der Waals surface area contributed by atoms with Crippen molar-refractivity contribution in [2.24, 2.45) is 11.7 Å². The van der Waals surface area contributed by atoms with Crippen LogP contribution in [0.2, 0.25) is 0 Å². The second kappa shape index (κ2) is 5.31. The summed E-state index contributed by atoms with van der Waals surface area (Å²) in [5, 5.41) is 3.02. The molecular weight excluding hydrogens is 240 g/mol. The number of benzene rings is 1. The van der Waals surface area contributed by atoms with Crippen LogP contribution < -0.4 is 11.1 Å². The van der Waals surface area contributed by atoms with Crippen molar-refractivity contribution in [3.8, 4) is 0 Å². The first kappa shape index (κ1) is 12.6. The predicted octanol–water partition coefficient (Wildman–Crippen LogP) is 1.57. The number of hydrogen-bond donors (Lipinski definition) is 2. The highest BCUT2D eigenvalue weighted by Gasteiger charge is 2.22. The number of carbonyl (C=O) groups excluding carboxylic acids is 1. The van der Waals surface area contributed by atoms with Crippen LogP contribution >= 0.6 is 0 Å². The van der Waals surface area contributed by atoms with E-state index in [4.69, 9.17) is 10.5 Å². The molecule has 1 heterocycles. The number of nitrogens with two attached hydrogens (primary N) is 1. The van der Waals surface area contributed by atoms with Crippen LogP contribution in [0.3, 0.4) is 0 Å². The van der Waals surface area contributed by atoms with Crippen molar-refractivity contribution < 1.29 is 9.53 Å². The van der Waals surface area contributed by atoms with E-state index in [1.165, 1.54) is 5.56 Å². The molecule has 4 nitrogen and oxygen atoms in total. The Morgan fingerprint density at radius 3 is 2.95 bits per heavy atom. The summed E-state index contributed by atoms with van der Waals surface area (Å²) < 4.78 is 5.36. The molecule has 1 aromatic rings. The highest BCUT2D eigenvalue weighted by atomic mass is 16.5. The first-order valence-electron chi connectivity index (χ1n) is 6.95. The summed E-state index contributed by atoms with van der Waals surface area (Å²) in [5.41, 5.74) is 8.93. The van der Waals surface area contributed by atoms with E-state index >= 15 is 0 Å². The van der Waals surface area contributed by atoms with E-state index in [0.29, 0.717) is 25.2 Å². The first-order valence-corrected chi connectivity index (χ1v) is 6.95. The van der Waals surface area contributed by atoms with Gasteiger partial charge in [-0.25, -0.2) is 0 Å². The molecule has 1 aliphatic carbocycles. The molecule has 1 saturated carbocycles. The van der Waals surface area contributed by atoms with Crippen LogP contribution in [0.1, 0.15) is 40.7 Å². The number of ether oxygens (including phenoxy) is 1. The Kier molecular flexibility index (Phi) is 3.53. The Morgan fingerprint density at radius 1 is 1.32 bits per heavy atom. The molecule has 0 radical (unpaired) electrons. The molecule has 102 valence electrons. The van der Waals surface area contributed by atoms with Gasteiger partial charge < -0.3 is 15.8 Å². The lowest BCUT2D eigenvalue weighted by atomic mass is 10.1. The van der Waals surface area contributed by atoms with Crippen molar-refractivity contribution in [3.63, 3.8) is 0 Å². The second-order valence-electron chi connectivity index (χ2n) is 5.63. The monoisotopic (exact) mass is 260 g/mol. The minimum absolute atomic E-state index is 0.00942. The summed E-state index contributed by atoms with van der Waals surface area (Å²) in [6.45, 7) is 2.02. The number of rotatable bonds is 3. The van der Waals surface area contributed by atoms with Gasteiger partial charge in [0.1, 0.15) is 0 Å². The average molecular weight is 260 g/mol. The Balaban J connectivity index is 1.58. The highest BCUT2D eigenvalue weighted by molar-refractivity contribution is 5.94. The first-order chi connectivity index (χ1) is 9.22. The molecule has 0 bridgehead atoms. The molecule has 2 unspecified atom stereocenters. The van der Waals surface area contributed by atoms with Gasteiger partial charge in [0.15, 0.2) is 0 Å². The maximum absolute atomic E-state index is 12.1. The topological polar surface area (TPSA) is 64.3 Å². The van der Waals surface area contributed by atoms with Crippen molar-refractivity contribution in [2.45, 2.75) is 38.5 Å².